The molecule has 196 valence electrons. The van der Waals surface area contributed by atoms with Gasteiger partial charge in [-0.15, -0.1) is 0 Å². The molecular formula is C26H30Cl2N6O3. The summed E-state index contributed by atoms with van der Waals surface area (Å²) < 4.78 is 0. The molecule has 2 aromatic carbocycles. The van der Waals surface area contributed by atoms with Crippen LogP contribution in [-0.2, 0) is 6.54 Å². The lowest BCUT2D eigenvalue weighted by molar-refractivity contribution is 0.0951. The molecule has 0 unspecified atom stereocenters. The summed E-state index contributed by atoms with van der Waals surface area (Å²) in [5.74, 6) is 0.161. The molecule has 0 aliphatic heterocycles. The van der Waals surface area contributed by atoms with E-state index in [1.165, 1.54) is 12.3 Å². The van der Waals surface area contributed by atoms with Crippen LogP contribution in [0, 0.1) is 0 Å². The second kappa shape index (κ2) is 13.8. The molecule has 0 fully saturated rings. The van der Waals surface area contributed by atoms with Crippen molar-refractivity contribution in [1.29, 1.82) is 0 Å². The number of rotatable bonds is 12. The first-order valence-corrected chi connectivity index (χ1v) is 12.7. The van der Waals surface area contributed by atoms with E-state index in [4.69, 9.17) is 23.2 Å². The highest BCUT2D eigenvalue weighted by Gasteiger charge is 2.19. The molecule has 1 aromatic heterocycles. The number of anilines is 3. The molecule has 0 radical (unpaired) electrons. The third kappa shape index (κ3) is 8.31. The number of carbonyl (C=O) groups excluding carboxylic acids is 1. The summed E-state index contributed by atoms with van der Waals surface area (Å²) in [6.45, 7) is 7.68. The summed E-state index contributed by atoms with van der Waals surface area (Å²) in [4.78, 5) is 36.5. The monoisotopic (exact) mass is 544 g/mol. The zero-order valence-corrected chi connectivity index (χ0v) is 22.3. The van der Waals surface area contributed by atoms with Crippen molar-refractivity contribution in [2.45, 2.75) is 26.8 Å². The standard InChI is InChI=1S/C26H30Cl2N6O3/c1-3-33(4-2)14-6-12-29-24(35)18-7-5-8-21(16-18)31-25-30-13-11-23(32-25)34(26(36)37)17-19-15-20(27)9-10-22(19)28/h5,7-11,13,15-16H,3-4,6,12,14,17H2,1-2H3,(H,29,35)(H,36,37)(H,30,31,32). The van der Waals surface area contributed by atoms with Gasteiger partial charge in [-0.25, -0.2) is 9.78 Å². The van der Waals surface area contributed by atoms with E-state index in [1.54, 1.807) is 42.5 Å². The van der Waals surface area contributed by atoms with Crippen molar-refractivity contribution in [3.05, 3.63) is 75.9 Å². The second-order valence-electron chi connectivity index (χ2n) is 8.19. The van der Waals surface area contributed by atoms with Crippen LogP contribution in [0.3, 0.4) is 0 Å². The van der Waals surface area contributed by atoms with Crippen LogP contribution in [-0.4, -0.2) is 58.2 Å². The van der Waals surface area contributed by atoms with E-state index in [0.717, 1.165) is 31.0 Å². The Hall–Kier alpha value is -3.40. The second-order valence-corrected chi connectivity index (χ2v) is 9.03. The smallest absolute Gasteiger partial charge is 0.413 e. The van der Waals surface area contributed by atoms with E-state index in [9.17, 15) is 14.7 Å². The fraction of sp³-hybridized carbons (Fsp3) is 0.308. The van der Waals surface area contributed by atoms with Crippen molar-refractivity contribution in [1.82, 2.24) is 20.2 Å². The molecule has 0 bridgehead atoms. The van der Waals surface area contributed by atoms with Crippen molar-refractivity contribution in [3.63, 3.8) is 0 Å². The van der Waals surface area contributed by atoms with E-state index in [-0.39, 0.29) is 24.2 Å². The summed E-state index contributed by atoms with van der Waals surface area (Å²) in [7, 11) is 0. The molecule has 0 spiro atoms. The Morgan fingerprint density at radius 2 is 1.84 bits per heavy atom. The highest BCUT2D eigenvalue weighted by molar-refractivity contribution is 6.33. The van der Waals surface area contributed by atoms with Crippen molar-refractivity contribution in [3.8, 4) is 0 Å². The molecule has 0 aliphatic carbocycles. The van der Waals surface area contributed by atoms with E-state index in [0.29, 0.717) is 33.4 Å². The van der Waals surface area contributed by atoms with Crippen molar-refractivity contribution in [2.24, 2.45) is 0 Å². The van der Waals surface area contributed by atoms with Crippen LogP contribution in [0.25, 0.3) is 0 Å². The third-order valence-corrected chi connectivity index (χ3v) is 6.30. The molecule has 0 saturated carbocycles. The molecule has 3 rings (SSSR count). The van der Waals surface area contributed by atoms with Gasteiger partial charge in [-0.1, -0.05) is 43.1 Å². The Morgan fingerprint density at radius 3 is 2.57 bits per heavy atom. The van der Waals surface area contributed by atoms with E-state index >= 15 is 0 Å². The lowest BCUT2D eigenvalue weighted by Gasteiger charge is -2.19. The minimum atomic E-state index is -1.21. The summed E-state index contributed by atoms with van der Waals surface area (Å²) >= 11 is 12.3. The molecule has 1 heterocycles. The molecule has 9 nitrogen and oxygen atoms in total. The lowest BCUT2D eigenvalue weighted by Crippen LogP contribution is -2.30. The molecule has 11 heteroatoms. The SMILES string of the molecule is CCN(CC)CCCNC(=O)c1cccc(Nc2nccc(N(Cc3cc(Cl)ccc3Cl)C(=O)O)n2)c1. The molecule has 0 saturated heterocycles. The summed E-state index contributed by atoms with van der Waals surface area (Å²) in [6, 6.07) is 13.3. The predicted octanol–water partition coefficient (Wildman–Crippen LogP) is 5.67. The molecule has 3 N–H and O–H groups in total. The molecule has 0 atom stereocenters. The Bertz CT molecular complexity index is 1220. The summed E-state index contributed by atoms with van der Waals surface area (Å²) in [5, 5.41) is 16.6. The average Bonchev–Trinajstić information content (AvgIpc) is 2.89. The number of carbonyl (C=O) groups is 2. The number of hydrogen-bond acceptors (Lipinski definition) is 6. The van der Waals surface area contributed by atoms with Crippen LogP contribution in [0.2, 0.25) is 10.0 Å². The van der Waals surface area contributed by atoms with Crippen LogP contribution in [0.15, 0.2) is 54.7 Å². The molecular weight excluding hydrogens is 515 g/mol. The van der Waals surface area contributed by atoms with Crippen LogP contribution < -0.4 is 15.5 Å². The summed E-state index contributed by atoms with van der Waals surface area (Å²) in [6.07, 6.45) is 1.11. The maximum Gasteiger partial charge on any atom is 0.413 e. The first-order chi connectivity index (χ1) is 17.8. The normalized spacial score (nSPS) is 10.8. The zero-order valence-electron chi connectivity index (χ0n) is 20.7. The molecule has 2 amide bonds. The number of hydrogen-bond donors (Lipinski definition) is 3. The Balaban J connectivity index is 1.68. The van der Waals surface area contributed by atoms with Crippen molar-refractivity contribution in [2.75, 3.05) is 36.4 Å². The van der Waals surface area contributed by atoms with Gasteiger partial charge in [0, 0.05) is 34.0 Å². The largest absolute Gasteiger partial charge is 0.465 e. The number of carboxylic acid groups (broad SMARTS) is 1. The number of amides is 2. The molecule has 3 aromatic rings. The van der Waals surface area contributed by atoms with Gasteiger partial charge in [0.15, 0.2) is 0 Å². The fourth-order valence-corrected chi connectivity index (χ4v) is 4.03. The van der Waals surface area contributed by atoms with E-state index in [2.05, 4.69) is 39.3 Å². The first-order valence-electron chi connectivity index (χ1n) is 12.0. The predicted molar refractivity (Wildman–Crippen MR) is 147 cm³/mol. The van der Waals surface area contributed by atoms with Gasteiger partial charge in [-0.05, 0) is 74.1 Å². The quantitative estimate of drug-likeness (QED) is 0.252. The maximum atomic E-state index is 12.6. The van der Waals surface area contributed by atoms with Crippen LogP contribution in [0.4, 0.5) is 22.2 Å². The van der Waals surface area contributed by atoms with Gasteiger partial charge < -0.3 is 20.6 Å². The molecule has 0 aliphatic rings. The van der Waals surface area contributed by atoms with Crippen LogP contribution in [0.5, 0.6) is 0 Å². The van der Waals surface area contributed by atoms with Crippen LogP contribution in [0.1, 0.15) is 36.2 Å². The number of nitrogens with zero attached hydrogens (tertiary/aromatic N) is 4. The molecule has 37 heavy (non-hydrogen) atoms. The first kappa shape index (κ1) is 28.2. The topological polar surface area (TPSA) is 111 Å². The maximum absolute atomic E-state index is 12.6. The fourth-order valence-electron chi connectivity index (χ4n) is 3.65. The van der Waals surface area contributed by atoms with Crippen LogP contribution >= 0.6 is 23.2 Å². The van der Waals surface area contributed by atoms with Gasteiger partial charge in [-0.3, -0.25) is 9.69 Å². The van der Waals surface area contributed by atoms with E-state index in [1.807, 2.05) is 0 Å². The van der Waals surface area contributed by atoms with Crippen molar-refractivity contribution >= 4 is 52.7 Å². The van der Waals surface area contributed by atoms with Gasteiger partial charge in [0.1, 0.15) is 5.82 Å². The number of nitrogens with one attached hydrogen (secondary N) is 2. The van der Waals surface area contributed by atoms with Crippen molar-refractivity contribution < 1.29 is 14.7 Å². The Morgan fingerprint density at radius 1 is 1.05 bits per heavy atom. The van der Waals surface area contributed by atoms with Gasteiger partial charge >= 0.3 is 6.09 Å². The summed E-state index contributed by atoms with van der Waals surface area (Å²) in [5.41, 5.74) is 1.62. The number of halogens is 2. The van der Waals surface area contributed by atoms with Gasteiger partial charge in [0.05, 0.1) is 6.54 Å². The number of benzene rings is 2. The van der Waals surface area contributed by atoms with Gasteiger partial charge in [-0.2, -0.15) is 4.98 Å². The third-order valence-electron chi connectivity index (χ3n) is 5.70. The van der Waals surface area contributed by atoms with Gasteiger partial charge in [0.2, 0.25) is 5.95 Å². The Labute approximate surface area is 226 Å². The lowest BCUT2D eigenvalue weighted by atomic mass is 10.2. The average molecular weight is 545 g/mol. The minimum absolute atomic E-state index is 0.0465. The highest BCUT2D eigenvalue weighted by atomic mass is 35.5. The van der Waals surface area contributed by atoms with E-state index < -0.39 is 6.09 Å². The Kier molecular flexibility index (Phi) is 10.5. The number of aromatic nitrogens is 2. The zero-order chi connectivity index (χ0) is 26.8. The minimum Gasteiger partial charge on any atom is -0.465 e. The highest BCUT2D eigenvalue weighted by Crippen LogP contribution is 2.25. The van der Waals surface area contributed by atoms with Gasteiger partial charge in [0.25, 0.3) is 5.91 Å².